The summed E-state index contributed by atoms with van der Waals surface area (Å²) in [6.45, 7) is 2.99. The maximum atomic E-state index is 12.6. The van der Waals surface area contributed by atoms with Crippen molar-refractivity contribution in [1.82, 2.24) is 0 Å². The Kier molecular flexibility index (Phi) is 8.51. The summed E-state index contributed by atoms with van der Waals surface area (Å²) >= 11 is 0. The molecule has 4 aromatic rings. The molecule has 4 aromatic carbocycles. The Bertz CT molecular complexity index is 1610. The van der Waals surface area contributed by atoms with Gasteiger partial charge in [0.1, 0.15) is 24.7 Å². The van der Waals surface area contributed by atoms with Crippen molar-refractivity contribution in [2.45, 2.75) is 31.6 Å². The van der Waals surface area contributed by atoms with Gasteiger partial charge in [0, 0.05) is 0 Å². The van der Waals surface area contributed by atoms with E-state index >= 15 is 0 Å². The molecule has 6 rings (SSSR count). The number of esters is 1. The third kappa shape index (κ3) is 5.37. The first kappa shape index (κ1) is 29.2. The highest BCUT2D eigenvalue weighted by atomic mass is 16.6. The van der Waals surface area contributed by atoms with Gasteiger partial charge >= 0.3 is 11.9 Å². The van der Waals surface area contributed by atoms with Crippen LogP contribution >= 0.6 is 0 Å². The van der Waals surface area contributed by atoms with Crippen LogP contribution in [0.4, 0.5) is 0 Å². The second-order valence-corrected chi connectivity index (χ2v) is 11.2. The first-order valence-electron chi connectivity index (χ1n) is 15.2. The second kappa shape index (κ2) is 12.8. The van der Waals surface area contributed by atoms with Crippen molar-refractivity contribution >= 4 is 11.9 Å². The van der Waals surface area contributed by atoms with E-state index in [9.17, 15) is 14.7 Å². The largest absolute Gasteiger partial charge is 0.494 e. The molecular weight excluding hydrogens is 552 g/mol. The Morgan fingerprint density at radius 2 is 1.18 bits per heavy atom. The molecule has 1 N–H and O–H groups in total. The lowest BCUT2D eigenvalue weighted by Crippen LogP contribution is -2.33. The number of fused-ring (bicyclic) bond motifs is 3. The third-order valence-electron chi connectivity index (χ3n) is 8.65. The summed E-state index contributed by atoms with van der Waals surface area (Å²) in [5.74, 6) is -1.37. The molecule has 44 heavy (non-hydrogen) atoms. The number of ether oxygens (including phenoxy) is 3. The molecular formula is C38H36O6. The van der Waals surface area contributed by atoms with Crippen molar-refractivity contribution in [2.75, 3.05) is 19.8 Å². The number of aliphatic carboxylic acids is 1. The van der Waals surface area contributed by atoms with Gasteiger partial charge in [-0.1, -0.05) is 91.9 Å². The van der Waals surface area contributed by atoms with Crippen LogP contribution in [0.1, 0.15) is 48.4 Å². The van der Waals surface area contributed by atoms with Crippen molar-refractivity contribution in [1.29, 1.82) is 0 Å². The molecule has 0 saturated carbocycles. The lowest BCUT2D eigenvalue weighted by Gasteiger charge is -2.34. The van der Waals surface area contributed by atoms with Gasteiger partial charge in [-0.25, -0.2) is 0 Å². The molecule has 224 valence electrons. The van der Waals surface area contributed by atoms with Crippen LogP contribution in [0.5, 0.6) is 11.5 Å². The van der Waals surface area contributed by atoms with Crippen LogP contribution in [0.3, 0.4) is 0 Å². The molecule has 2 unspecified atom stereocenters. The van der Waals surface area contributed by atoms with Crippen molar-refractivity contribution in [3.63, 3.8) is 0 Å². The first-order chi connectivity index (χ1) is 21.5. The Hall–Kier alpha value is -4.84. The minimum atomic E-state index is -0.973. The van der Waals surface area contributed by atoms with E-state index in [1.165, 1.54) is 22.3 Å². The fourth-order valence-electron chi connectivity index (χ4n) is 6.60. The van der Waals surface area contributed by atoms with Gasteiger partial charge in [0.15, 0.2) is 0 Å². The maximum absolute atomic E-state index is 12.6. The van der Waals surface area contributed by atoms with Gasteiger partial charge in [0.25, 0.3) is 0 Å². The molecule has 0 saturated heterocycles. The number of benzene rings is 4. The van der Waals surface area contributed by atoms with Crippen molar-refractivity contribution < 1.29 is 28.9 Å². The zero-order valence-electron chi connectivity index (χ0n) is 24.8. The van der Waals surface area contributed by atoms with E-state index in [-0.39, 0.29) is 13.2 Å². The van der Waals surface area contributed by atoms with E-state index in [4.69, 9.17) is 14.2 Å². The van der Waals surface area contributed by atoms with Crippen LogP contribution in [0, 0.1) is 11.8 Å². The van der Waals surface area contributed by atoms with Gasteiger partial charge in [0.05, 0.1) is 23.9 Å². The third-order valence-corrected chi connectivity index (χ3v) is 8.65. The number of carboxylic acids is 1. The quantitative estimate of drug-likeness (QED) is 0.0982. The van der Waals surface area contributed by atoms with Crippen molar-refractivity contribution in [2.24, 2.45) is 11.8 Å². The van der Waals surface area contributed by atoms with Crippen molar-refractivity contribution in [3.8, 4) is 22.6 Å². The molecule has 0 amide bonds. The predicted octanol–water partition coefficient (Wildman–Crippen LogP) is 7.43. The number of carboxylic acid groups (broad SMARTS) is 1. The van der Waals surface area contributed by atoms with Gasteiger partial charge in [-0.15, -0.1) is 0 Å². The van der Waals surface area contributed by atoms with E-state index in [1.807, 2.05) is 18.2 Å². The molecule has 6 heteroatoms. The number of carbonyl (C=O) groups is 2. The molecule has 2 aliphatic rings. The summed E-state index contributed by atoms with van der Waals surface area (Å²) < 4.78 is 17.2. The Morgan fingerprint density at radius 1 is 0.682 bits per heavy atom. The number of allylic oxidation sites excluding steroid dienone is 2. The van der Waals surface area contributed by atoms with E-state index in [0.717, 1.165) is 23.3 Å². The van der Waals surface area contributed by atoms with Gasteiger partial charge in [-0.2, -0.15) is 0 Å². The SMILES string of the molecule is CCCOc1ccc(C2(c3ccc(OCCOC(=O)C4CC=CCC4C(=O)O)cc3)c3ccccc3-c3ccccc32)cc1. The maximum Gasteiger partial charge on any atom is 0.310 e. The lowest BCUT2D eigenvalue weighted by molar-refractivity contribution is -0.158. The van der Waals surface area contributed by atoms with Gasteiger partial charge in [-0.05, 0) is 76.9 Å². The molecule has 2 aliphatic carbocycles. The highest BCUT2D eigenvalue weighted by Crippen LogP contribution is 2.56. The molecule has 0 radical (unpaired) electrons. The van der Waals surface area contributed by atoms with E-state index in [0.29, 0.717) is 25.2 Å². The number of rotatable bonds is 11. The molecule has 0 aromatic heterocycles. The smallest absolute Gasteiger partial charge is 0.310 e. The van der Waals surface area contributed by atoms with Crippen LogP contribution in [0.25, 0.3) is 11.1 Å². The minimum Gasteiger partial charge on any atom is -0.494 e. The zero-order chi connectivity index (χ0) is 30.5. The van der Waals surface area contributed by atoms with Crippen LogP contribution in [-0.2, 0) is 19.7 Å². The predicted molar refractivity (Wildman–Crippen MR) is 169 cm³/mol. The fraction of sp³-hybridized carbons (Fsp3) is 0.263. The standard InChI is InChI=1S/C38H36O6/c1-2-23-42-28-19-15-26(16-20-28)38(34-13-7-5-9-30(34)31-10-6-8-14-35(31)38)27-17-21-29(22-18-27)43-24-25-44-37(41)33-12-4-3-11-32(33)36(39)40/h3-10,13-22,32-33H,2,11-12,23-25H2,1H3,(H,39,40). The molecule has 0 aliphatic heterocycles. The Balaban J connectivity index is 1.24. The molecule has 0 bridgehead atoms. The lowest BCUT2D eigenvalue weighted by atomic mass is 9.68. The summed E-state index contributed by atoms with van der Waals surface area (Å²) in [6, 6.07) is 33.7. The summed E-state index contributed by atoms with van der Waals surface area (Å²) in [5.41, 5.74) is 6.62. The van der Waals surface area contributed by atoms with Gasteiger partial charge in [0.2, 0.25) is 0 Å². The average molecular weight is 589 g/mol. The van der Waals surface area contributed by atoms with Crippen LogP contribution < -0.4 is 9.47 Å². The Labute approximate surface area is 257 Å². The monoisotopic (exact) mass is 588 g/mol. The van der Waals surface area contributed by atoms with Gasteiger partial charge in [-0.3, -0.25) is 9.59 Å². The van der Waals surface area contributed by atoms with E-state index in [2.05, 4.69) is 91.9 Å². The second-order valence-electron chi connectivity index (χ2n) is 11.2. The van der Waals surface area contributed by atoms with Crippen LogP contribution in [0.2, 0.25) is 0 Å². The van der Waals surface area contributed by atoms with Crippen molar-refractivity contribution in [3.05, 3.63) is 131 Å². The Morgan fingerprint density at radius 3 is 1.70 bits per heavy atom. The van der Waals surface area contributed by atoms with E-state index < -0.39 is 29.2 Å². The average Bonchev–Trinajstić information content (AvgIpc) is 3.37. The fourth-order valence-corrected chi connectivity index (χ4v) is 6.60. The molecule has 2 atom stereocenters. The van der Waals surface area contributed by atoms with Crippen LogP contribution in [-0.4, -0.2) is 36.9 Å². The highest BCUT2D eigenvalue weighted by molar-refractivity contribution is 5.86. The topological polar surface area (TPSA) is 82.1 Å². The van der Waals surface area contributed by atoms with E-state index in [1.54, 1.807) is 6.08 Å². The summed E-state index contributed by atoms with van der Waals surface area (Å²) in [6.07, 6.45) is 5.31. The first-order valence-corrected chi connectivity index (χ1v) is 15.2. The molecule has 6 nitrogen and oxygen atoms in total. The summed E-state index contributed by atoms with van der Waals surface area (Å²) in [7, 11) is 0. The number of hydrogen-bond donors (Lipinski definition) is 1. The minimum absolute atomic E-state index is 0.0459. The number of hydrogen-bond acceptors (Lipinski definition) is 5. The van der Waals surface area contributed by atoms with Gasteiger partial charge < -0.3 is 19.3 Å². The highest BCUT2D eigenvalue weighted by Gasteiger charge is 2.45. The van der Waals surface area contributed by atoms with Crippen LogP contribution in [0.15, 0.2) is 109 Å². The number of carbonyl (C=O) groups excluding carboxylic acids is 1. The molecule has 0 spiro atoms. The molecule has 0 heterocycles. The zero-order valence-corrected chi connectivity index (χ0v) is 24.8. The normalized spacial score (nSPS) is 17.8. The summed E-state index contributed by atoms with van der Waals surface area (Å²) in [5, 5.41) is 9.45. The summed E-state index contributed by atoms with van der Waals surface area (Å²) in [4.78, 5) is 24.1. The molecule has 0 fully saturated rings.